The van der Waals surface area contributed by atoms with Crippen molar-refractivity contribution in [1.82, 2.24) is 36.1 Å². The molecule has 0 aliphatic heterocycles. The summed E-state index contributed by atoms with van der Waals surface area (Å²) >= 11 is 0. The first-order valence-corrected chi connectivity index (χ1v) is 18.6. The van der Waals surface area contributed by atoms with E-state index in [1.807, 2.05) is 72.8 Å². The molecule has 56 heavy (non-hydrogen) atoms. The number of H-pyrrole nitrogens is 1. The minimum Gasteiger partial charge on any atom is -0.368 e. The molecular weight excluding hydrogens is 715 g/mol. The standard InChI is InChI=1S/C41H53N9O6/c1-26(51)45-19-11-10-16-32(36(42)52)47-38(54)35(22-27-12-6-5-7-13-27)50(4)39(55)34(21-28-17-18-29-14-8-9-15-30(29)20-28)48-37(53)33(23-31-24-44-25-46-31)49-40(56)41(2,3)43/h5-9,12-15,17-18,20,24-25,32-35H,10-11,16,19,21-23,43H2,1-4H3,(H2,42,52)(H,44,46)(H,45,51)(H,47,54)(H,48,53)(H,49,56)/t32-,33?,34?,35+/m0/s1. The van der Waals surface area contributed by atoms with Gasteiger partial charge in [-0.15, -0.1) is 0 Å². The Kier molecular flexibility index (Phi) is 15.2. The summed E-state index contributed by atoms with van der Waals surface area (Å²) in [5.41, 5.74) is 12.5. The van der Waals surface area contributed by atoms with Crippen LogP contribution in [-0.4, -0.2) is 93.6 Å². The van der Waals surface area contributed by atoms with Gasteiger partial charge in [0.15, 0.2) is 0 Å². The molecule has 0 aliphatic rings. The van der Waals surface area contributed by atoms with Gasteiger partial charge < -0.3 is 42.6 Å². The van der Waals surface area contributed by atoms with Crippen LogP contribution in [0.25, 0.3) is 10.8 Å². The smallest absolute Gasteiger partial charge is 0.245 e. The van der Waals surface area contributed by atoms with E-state index in [-0.39, 0.29) is 31.6 Å². The van der Waals surface area contributed by atoms with Crippen LogP contribution in [0, 0.1) is 0 Å². The third-order valence-electron chi connectivity index (χ3n) is 9.40. The summed E-state index contributed by atoms with van der Waals surface area (Å²) < 4.78 is 0. The Balaban J connectivity index is 1.66. The van der Waals surface area contributed by atoms with Gasteiger partial charge in [0.25, 0.3) is 0 Å². The average molecular weight is 768 g/mol. The maximum absolute atomic E-state index is 14.7. The first-order chi connectivity index (χ1) is 26.6. The first-order valence-electron chi connectivity index (χ1n) is 18.6. The summed E-state index contributed by atoms with van der Waals surface area (Å²) in [5.74, 6) is -3.33. The van der Waals surface area contributed by atoms with Crippen molar-refractivity contribution in [3.63, 3.8) is 0 Å². The predicted molar refractivity (Wildman–Crippen MR) is 212 cm³/mol. The number of hydrogen-bond acceptors (Lipinski definition) is 8. The molecular formula is C41H53N9O6. The number of aromatic nitrogens is 2. The molecule has 6 amide bonds. The van der Waals surface area contributed by atoms with Crippen LogP contribution in [0.15, 0.2) is 85.3 Å². The number of carbonyl (C=O) groups excluding carboxylic acids is 6. The molecule has 1 aromatic heterocycles. The van der Waals surface area contributed by atoms with Gasteiger partial charge in [0.1, 0.15) is 24.2 Å². The van der Waals surface area contributed by atoms with E-state index < -0.39 is 59.2 Å². The number of nitrogens with two attached hydrogens (primary N) is 2. The van der Waals surface area contributed by atoms with E-state index in [0.29, 0.717) is 25.1 Å². The maximum atomic E-state index is 14.7. The normalized spacial score (nSPS) is 13.4. The van der Waals surface area contributed by atoms with E-state index in [4.69, 9.17) is 11.5 Å². The van der Waals surface area contributed by atoms with Crippen LogP contribution < -0.4 is 32.7 Å². The van der Waals surface area contributed by atoms with Crippen LogP contribution in [0.2, 0.25) is 0 Å². The monoisotopic (exact) mass is 767 g/mol. The lowest BCUT2D eigenvalue weighted by molar-refractivity contribution is -0.142. The van der Waals surface area contributed by atoms with E-state index in [1.165, 1.54) is 45.2 Å². The van der Waals surface area contributed by atoms with Crippen LogP contribution in [0.1, 0.15) is 56.9 Å². The number of benzene rings is 3. The summed E-state index contributed by atoms with van der Waals surface area (Å²) in [4.78, 5) is 88.0. The van der Waals surface area contributed by atoms with E-state index in [9.17, 15) is 28.8 Å². The zero-order valence-corrected chi connectivity index (χ0v) is 32.3. The minimum atomic E-state index is -1.31. The molecule has 15 heteroatoms. The van der Waals surface area contributed by atoms with Crippen LogP contribution in [0.4, 0.5) is 0 Å². The Morgan fingerprint density at radius 2 is 1.46 bits per heavy atom. The number of amides is 6. The number of likely N-dealkylation sites (N-methyl/N-ethyl adjacent to an activating group) is 1. The van der Waals surface area contributed by atoms with E-state index in [0.717, 1.165) is 21.9 Å². The van der Waals surface area contributed by atoms with Crippen molar-refractivity contribution in [2.45, 2.75) is 89.0 Å². The maximum Gasteiger partial charge on any atom is 0.245 e. The molecule has 0 bridgehead atoms. The molecule has 2 unspecified atom stereocenters. The van der Waals surface area contributed by atoms with Crippen molar-refractivity contribution in [3.8, 4) is 0 Å². The highest BCUT2D eigenvalue weighted by atomic mass is 16.2. The summed E-state index contributed by atoms with van der Waals surface area (Å²) in [6.07, 6.45) is 4.41. The molecule has 0 spiro atoms. The third-order valence-corrected chi connectivity index (χ3v) is 9.40. The van der Waals surface area contributed by atoms with Crippen LogP contribution >= 0.6 is 0 Å². The van der Waals surface area contributed by atoms with Crippen LogP contribution in [-0.2, 0) is 48.0 Å². The molecule has 0 saturated carbocycles. The number of rotatable bonds is 20. The highest BCUT2D eigenvalue weighted by Gasteiger charge is 2.36. The van der Waals surface area contributed by atoms with Gasteiger partial charge >= 0.3 is 0 Å². The molecule has 15 nitrogen and oxygen atoms in total. The van der Waals surface area contributed by atoms with Crippen molar-refractivity contribution in [2.75, 3.05) is 13.6 Å². The fraction of sp³-hybridized carbons (Fsp3) is 0.390. The van der Waals surface area contributed by atoms with Gasteiger partial charge in [-0.1, -0.05) is 72.8 Å². The number of primary amides is 1. The average Bonchev–Trinajstić information content (AvgIpc) is 3.68. The van der Waals surface area contributed by atoms with Crippen molar-refractivity contribution < 1.29 is 28.8 Å². The Morgan fingerprint density at radius 1 is 0.786 bits per heavy atom. The fourth-order valence-electron chi connectivity index (χ4n) is 6.18. The van der Waals surface area contributed by atoms with Crippen LogP contribution in [0.3, 0.4) is 0 Å². The number of hydrogen-bond donors (Lipinski definition) is 7. The van der Waals surface area contributed by atoms with Crippen molar-refractivity contribution in [2.24, 2.45) is 11.5 Å². The number of nitrogens with zero attached hydrogens (tertiary/aromatic N) is 2. The molecule has 4 atom stereocenters. The molecule has 0 aliphatic carbocycles. The SMILES string of the molecule is CC(=O)NCCCC[C@H](NC(=O)[C@@H](Cc1ccccc1)N(C)C(=O)C(Cc1ccc2ccccc2c1)NC(=O)C(Cc1cnc[nH]1)NC(=O)C(C)(C)N)C(N)=O. The zero-order chi connectivity index (χ0) is 40.8. The second kappa shape index (κ2) is 20.0. The van der Waals surface area contributed by atoms with Crippen molar-refractivity contribution in [1.29, 1.82) is 0 Å². The highest BCUT2D eigenvalue weighted by Crippen LogP contribution is 2.19. The molecule has 4 rings (SSSR count). The first kappa shape index (κ1) is 42.6. The number of aromatic amines is 1. The van der Waals surface area contributed by atoms with Gasteiger partial charge in [-0.05, 0) is 55.0 Å². The van der Waals surface area contributed by atoms with Gasteiger partial charge in [-0.25, -0.2) is 4.98 Å². The topological polar surface area (TPSA) is 235 Å². The van der Waals surface area contributed by atoms with E-state index in [2.05, 4.69) is 31.2 Å². The molecule has 4 aromatic rings. The molecule has 298 valence electrons. The zero-order valence-electron chi connectivity index (χ0n) is 32.3. The molecule has 9 N–H and O–H groups in total. The summed E-state index contributed by atoms with van der Waals surface area (Å²) in [6, 6.07) is 18.1. The number of unbranched alkanes of at least 4 members (excludes halogenated alkanes) is 1. The summed E-state index contributed by atoms with van der Waals surface area (Å²) in [5, 5.41) is 13.0. The van der Waals surface area contributed by atoms with Crippen molar-refractivity contribution in [3.05, 3.63) is 102 Å². The Bertz CT molecular complexity index is 1960. The molecule has 0 radical (unpaired) electrons. The number of imidazole rings is 1. The quantitative estimate of drug-likeness (QED) is 0.0648. The second-order valence-corrected chi connectivity index (χ2v) is 14.6. The third kappa shape index (κ3) is 12.8. The Labute approximate surface area is 326 Å². The molecule has 0 fully saturated rings. The number of nitrogens with one attached hydrogen (secondary N) is 5. The van der Waals surface area contributed by atoms with Gasteiger partial charge in [0, 0.05) is 51.7 Å². The number of carbonyl (C=O) groups is 6. The van der Waals surface area contributed by atoms with Gasteiger partial charge in [0.2, 0.25) is 35.4 Å². The largest absolute Gasteiger partial charge is 0.368 e. The lowest BCUT2D eigenvalue weighted by atomic mass is 9.98. The summed E-state index contributed by atoms with van der Waals surface area (Å²) in [6.45, 7) is 4.85. The highest BCUT2D eigenvalue weighted by molar-refractivity contribution is 5.96. The van der Waals surface area contributed by atoms with E-state index in [1.54, 1.807) is 0 Å². The Hall–Kier alpha value is -6.09. The fourth-order valence-corrected chi connectivity index (χ4v) is 6.18. The predicted octanol–water partition coefficient (Wildman–Crippen LogP) is 1.40. The molecule has 0 saturated heterocycles. The van der Waals surface area contributed by atoms with Gasteiger partial charge in [0.05, 0.1) is 11.9 Å². The number of fused-ring (bicyclic) bond motifs is 1. The van der Waals surface area contributed by atoms with Gasteiger partial charge in [-0.3, -0.25) is 28.8 Å². The Morgan fingerprint density at radius 3 is 2.11 bits per heavy atom. The molecule has 3 aromatic carbocycles. The lowest BCUT2D eigenvalue weighted by Gasteiger charge is -2.33. The second-order valence-electron chi connectivity index (χ2n) is 14.6. The van der Waals surface area contributed by atoms with E-state index >= 15 is 0 Å². The van der Waals surface area contributed by atoms with Crippen molar-refractivity contribution >= 4 is 46.2 Å². The van der Waals surface area contributed by atoms with Gasteiger partial charge in [-0.2, -0.15) is 0 Å². The lowest BCUT2D eigenvalue weighted by Crippen LogP contribution is -2.61. The summed E-state index contributed by atoms with van der Waals surface area (Å²) in [7, 11) is 1.47. The minimum absolute atomic E-state index is 0.0265. The van der Waals surface area contributed by atoms with Crippen LogP contribution in [0.5, 0.6) is 0 Å². The molecule has 1 heterocycles.